The molecule has 0 saturated carbocycles. The highest BCUT2D eigenvalue weighted by Gasteiger charge is 2.45. The molecule has 1 N–H and O–H groups in total. The lowest BCUT2D eigenvalue weighted by atomic mass is 9.78. The molecule has 4 nitrogen and oxygen atoms in total. The van der Waals surface area contributed by atoms with Crippen LogP contribution in [0.25, 0.3) is 21.5 Å². The Morgan fingerprint density at radius 2 is 1.42 bits per heavy atom. The van der Waals surface area contributed by atoms with Gasteiger partial charge in [-0.05, 0) is 121 Å². The van der Waals surface area contributed by atoms with Crippen LogP contribution in [0.15, 0.2) is 119 Å². The number of allylic oxidation sites excluding steroid dienone is 7. The number of thioether (sulfide) groups is 1. The average Bonchev–Trinajstić information content (AvgIpc) is 3.60. The first-order valence-electron chi connectivity index (χ1n) is 23.2. The van der Waals surface area contributed by atoms with Crippen molar-refractivity contribution < 1.29 is 14.5 Å². The molecule has 0 aromatic heterocycles. The minimum Gasteiger partial charge on any atom is -0.481 e. The summed E-state index contributed by atoms with van der Waals surface area (Å²) in [6.07, 6.45) is 24.9. The van der Waals surface area contributed by atoms with Crippen LogP contribution in [0, 0.1) is 0 Å². The van der Waals surface area contributed by atoms with E-state index in [1.165, 1.54) is 116 Å². The quantitative estimate of drug-likeness (QED) is 0.0756. The van der Waals surface area contributed by atoms with Crippen molar-refractivity contribution in [1.82, 2.24) is 0 Å². The zero-order valence-corrected chi connectivity index (χ0v) is 38.2. The molecule has 2 aliphatic heterocycles. The largest absolute Gasteiger partial charge is 0.481 e. The molecule has 4 aromatic carbocycles. The fourth-order valence-corrected chi connectivity index (χ4v) is 11.5. The summed E-state index contributed by atoms with van der Waals surface area (Å²) >= 11 is 2.09. The number of nitrogens with zero attached hydrogens (tertiary/aromatic N) is 2. The van der Waals surface area contributed by atoms with Gasteiger partial charge in [-0.3, -0.25) is 4.79 Å². The molecule has 3 aliphatic rings. The van der Waals surface area contributed by atoms with Crippen molar-refractivity contribution in [3.05, 3.63) is 130 Å². The van der Waals surface area contributed by atoms with Crippen LogP contribution in [0.1, 0.15) is 143 Å². The fourth-order valence-electron chi connectivity index (χ4n) is 10.3. The highest BCUT2D eigenvalue weighted by Crippen LogP contribution is 2.51. The van der Waals surface area contributed by atoms with E-state index in [1.807, 2.05) is 0 Å². The van der Waals surface area contributed by atoms with Crippen molar-refractivity contribution in [2.45, 2.75) is 142 Å². The third-order valence-corrected chi connectivity index (χ3v) is 14.7. The van der Waals surface area contributed by atoms with E-state index in [0.717, 1.165) is 57.4 Å². The molecule has 0 radical (unpaired) electrons. The number of rotatable bonds is 19. The number of unbranched alkanes of at least 4 members (excludes halogenated alkanes) is 7. The summed E-state index contributed by atoms with van der Waals surface area (Å²) in [7, 11) is 0. The number of hydrogen-bond acceptors (Lipinski definition) is 3. The smallest absolute Gasteiger partial charge is 0.303 e. The first-order chi connectivity index (χ1) is 29.1. The third kappa shape index (κ3) is 9.13. The van der Waals surface area contributed by atoms with Gasteiger partial charge < -0.3 is 10.0 Å². The summed E-state index contributed by atoms with van der Waals surface area (Å²) in [5.74, 6) is 0.443. The van der Waals surface area contributed by atoms with Gasteiger partial charge in [0.1, 0.15) is 6.54 Å². The SMILES string of the molecule is CCCCCCSC1=C(C=CC2=[N+](CCCCC)c3ccc4ccccc4c3C2(C)C)CCCC1=CC=C1N(CCCCCC(=O)O)c2ccc3ccccc3c2C1(C)C. The molecule has 0 bridgehead atoms. The normalized spacial score (nSPS) is 18.5. The number of fused-ring (bicyclic) bond motifs is 6. The van der Waals surface area contributed by atoms with Gasteiger partial charge in [0.25, 0.3) is 0 Å². The Morgan fingerprint density at radius 3 is 2.15 bits per heavy atom. The van der Waals surface area contributed by atoms with Crippen LogP contribution in [0.4, 0.5) is 11.4 Å². The number of aliphatic carboxylic acids is 1. The van der Waals surface area contributed by atoms with Crippen LogP contribution in [0.3, 0.4) is 0 Å². The molecule has 0 atom stereocenters. The average molecular weight is 822 g/mol. The molecular formula is C55H69N2O2S+. The minimum atomic E-state index is -0.705. The van der Waals surface area contributed by atoms with Gasteiger partial charge >= 0.3 is 5.97 Å². The number of carboxylic acid groups (broad SMARTS) is 1. The van der Waals surface area contributed by atoms with E-state index in [-0.39, 0.29) is 17.3 Å². The molecule has 0 spiro atoms. The van der Waals surface area contributed by atoms with Crippen molar-refractivity contribution in [3.63, 3.8) is 0 Å². The van der Waals surface area contributed by atoms with Crippen molar-refractivity contribution >= 4 is 56.4 Å². The monoisotopic (exact) mass is 822 g/mol. The summed E-state index contributed by atoms with van der Waals surface area (Å²) in [5.41, 5.74) is 10.9. The molecule has 5 heteroatoms. The number of hydrogen-bond donors (Lipinski definition) is 1. The van der Waals surface area contributed by atoms with E-state index in [0.29, 0.717) is 0 Å². The van der Waals surface area contributed by atoms with Gasteiger partial charge in [0.05, 0.1) is 5.41 Å². The topological polar surface area (TPSA) is 43.5 Å². The number of carboxylic acids is 1. The molecule has 316 valence electrons. The fraction of sp³-hybridized carbons (Fsp3) is 0.455. The lowest BCUT2D eigenvalue weighted by Gasteiger charge is -2.28. The first-order valence-corrected chi connectivity index (χ1v) is 24.2. The third-order valence-electron chi connectivity index (χ3n) is 13.4. The lowest BCUT2D eigenvalue weighted by Crippen LogP contribution is -2.28. The summed E-state index contributed by atoms with van der Waals surface area (Å²) in [5, 5.41) is 14.6. The van der Waals surface area contributed by atoms with Gasteiger partial charge in [-0.25, -0.2) is 0 Å². The van der Waals surface area contributed by atoms with Crippen LogP contribution in [-0.2, 0) is 15.6 Å². The predicted octanol–water partition coefficient (Wildman–Crippen LogP) is 15.1. The summed E-state index contributed by atoms with van der Waals surface area (Å²) in [4.78, 5) is 15.3. The summed E-state index contributed by atoms with van der Waals surface area (Å²) in [6, 6.07) is 27.1. The van der Waals surface area contributed by atoms with E-state index in [4.69, 9.17) is 0 Å². The van der Waals surface area contributed by atoms with Crippen LogP contribution in [0.2, 0.25) is 0 Å². The molecule has 4 aromatic rings. The van der Waals surface area contributed by atoms with Gasteiger partial charge in [0.2, 0.25) is 5.69 Å². The van der Waals surface area contributed by atoms with E-state index in [2.05, 4.69) is 160 Å². The molecule has 2 heterocycles. The Labute approximate surface area is 365 Å². The van der Waals surface area contributed by atoms with Gasteiger partial charge in [-0.2, -0.15) is 4.58 Å². The van der Waals surface area contributed by atoms with Crippen LogP contribution >= 0.6 is 11.8 Å². The van der Waals surface area contributed by atoms with Crippen molar-refractivity contribution in [3.8, 4) is 0 Å². The summed E-state index contributed by atoms with van der Waals surface area (Å²) in [6.45, 7) is 16.2. The molecule has 1 aliphatic carbocycles. The minimum absolute atomic E-state index is 0.116. The van der Waals surface area contributed by atoms with Gasteiger partial charge in [-0.1, -0.05) is 127 Å². The molecule has 7 rings (SSSR count). The Kier molecular flexibility index (Phi) is 14.3. The lowest BCUT2D eigenvalue weighted by molar-refractivity contribution is -0.438. The first kappa shape index (κ1) is 43.7. The Hall–Kier alpha value is -4.35. The van der Waals surface area contributed by atoms with Gasteiger partial charge in [0.15, 0.2) is 5.71 Å². The predicted molar refractivity (Wildman–Crippen MR) is 260 cm³/mol. The maximum atomic E-state index is 11.3. The van der Waals surface area contributed by atoms with E-state index >= 15 is 0 Å². The van der Waals surface area contributed by atoms with E-state index < -0.39 is 5.97 Å². The van der Waals surface area contributed by atoms with Crippen molar-refractivity contribution in [1.29, 1.82) is 0 Å². The maximum Gasteiger partial charge on any atom is 0.303 e. The van der Waals surface area contributed by atoms with Crippen LogP contribution in [0.5, 0.6) is 0 Å². The van der Waals surface area contributed by atoms with Crippen molar-refractivity contribution in [2.75, 3.05) is 23.7 Å². The molecule has 0 saturated heterocycles. The molecule has 0 unspecified atom stereocenters. The van der Waals surface area contributed by atoms with Crippen molar-refractivity contribution in [2.24, 2.45) is 0 Å². The highest BCUT2D eigenvalue weighted by atomic mass is 32.2. The van der Waals surface area contributed by atoms with Gasteiger partial charge in [-0.15, -0.1) is 11.8 Å². The highest BCUT2D eigenvalue weighted by molar-refractivity contribution is 8.03. The number of benzene rings is 4. The molecule has 0 fully saturated rings. The van der Waals surface area contributed by atoms with E-state index in [9.17, 15) is 9.90 Å². The second-order valence-electron chi connectivity index (χ2n) is 18.4. The Bertz CT molecular complexity index is 2350. The van der Waals surface area contributed by atoms with Crippen LogP contribution in [-0.4, -0.2) is 40.2 Å². The molecule has 60 heavy (non-hydrogen) atoms. The zero-order valence-electron chi connectivity index (χ0n) is 37.4. The maximum absolute atomic E-state index is 11.3. The Morgan fingerprint density at radius 1 is 0.733 bits per heavy atom. The number of anilines is 1. The molecule has 0 amide bonds. The Balaban J connectivity index is 1.28. The summed E-state index contributed by atoms with van der Waals surface area (Å²) < 4.78 is 2.65. The standard InChI is InChI=1S/C55H68N2O2S/c1-7-9-11-20-39-60-53-42(31-35-48-54(3,4)51-44-26-16-14-22-40(44)29-33-46(51)56(48)37-18-10-8-2)24-21-25-43(53)32-36-49-55(5,6)52-45-27-17-15-23-41(45)30-34-47(52)57(49)38-19-12-13-28-50(58)59/h14-17,22-23,26-27,29-36H,7-13,18-21,24-25,28,37-39H2,1-6H3/p+1. The van der Waals surface area contributed by atoms with Gasteiger partial charge in [0, 0.05) is 58.8 Å². The zero-order chi connectivity index (χ0) is 42.3. The second kappa shape index (κ2) is 19.6. The van der Waals surface area contributed by atoms with Crippen LogP contribution < -0.4 is 4.90 Å². The number of carbonyl (C=O) groups is 1. The molecular weight excluding hydrogens is 753 g/mol. The second-order valence-corrected chi connectivity index (χ2v) is 19.5. The van der Waals surface area contributed by atoms with E-state index in [1.54, 1.807) is 0 Å².